The summed E-state index contributed by atoms with van der Waals surface area (Å²) in [7, 11) is -4.63. The highest BCUT2D eigenvalue weighted by atomic mass is 32.2. The third-order valence-electron chi connectivity index (χ3n) is 8.12. The molecule has 7 nitrogen and oxygen atoms in total. The molecule has 1 saturated heterocycles. The van der Waals surface area contributed by atoms with Gasteiger partial charge < -0.3 is 10.0 Å². The van der Waals surface area contributed by atoms with Gasteiger partial charge in [0.1, 0.15) is 11.8 Å². The molecule has 4 atom stereocenters. The highest BCUT2D eigenvalue weighted by molar-refractivity contribution is 7.92. The van der Waals surface area contributed by atoms with Gasteiger partial charge in [-0.2, -0.15) is 0 Å². The molecule has 1 heterocycles. The first-order valence-electron chi connectivity index (χ1n) is 17.3. The molecule has 206 valence electrons. The van der Waals surface area contributed by atoms with E-state index in [9.17, 15) is 27.9 Å². The van der Waals surface area contributed by atoms with Crippen LogP contribution in [-0.4, -0.2) is 59.2 Å². The number of nitrogens with zero attached hydrogens (tertiary/aromatic N) is 1. The zero-order valence-corrected chi connectivity index (χ0v) is 23.3. The molecular weight excluding hydrogens is 478 g/mol. The van der Waals surface area contributed by atoms with E-state index in [0.29, 0.717) is 0 Å². The van der Waals surface area contributed by atoms with Gasteiger partial charge in [0.05, 0.1) is 10.5 Å². The Balaban J connectivity index is 2.16. The van der Waals surface area contributed by atoms with Crippen LogP contribution in [0.15, 0.2) is 0 Å². The molecule has 2 saturated carbocycles. The Hall–Kier alpha value is -1.44. The first-order chi connectivity index (χ1) is 20.0. The third kappa shape index (κ3) is 5.53. The van der Waals surface area contributed by atoms with E-state index in [1.165, 1.54) is 25.7 Å². The van der Waals surface area contributed by atoms with Crippen molar-refractivity contribution in [2.24, 2.45) is 34.0 Å². The van der Waals surface area contributed by atoms with E-state index >= 15 is 0 Å². The van der Waals surface area contributed by atoms with E-state index in [1.807, 2.05) is 13.8 Å². The van der Waals surface area contributed by atoms with Crippen LogP contribution >= 0.6 is 0 Å². The number of likely N-dealkylation sites (tertiary alicyclic amines) is 1. The summed E-state index contributed by atoms with van der Waals surface area (Å²) in [5.74, 6) is -6.12. The molecule has 0 aromatic carbocycles. The Bertz CT molecular complexity index is 1380. The molecule has 0 aromatic heterocycles. The number of fused-ring (bicyclic) bond motifs is 1. The number of sulfone groups is 1. The van der Waals surface area contributed by atoms with Crippen molar-refractivity contribution in [1.29, 1.82) is 0 Å². The van der Waals surface area contributed by atoms with Crippen molar-refractivity contribution in [3.63, 3.8) is 0 Å². The van der Waals surface area contributed by atoms with Gasteiger partial charge in [0, 0.05) is 44.9 Å². The topological polar surface area (TPSA) is 109 Å². The fourth-order valence-electron chi connectivity index (χ4n) is 5.51. The van der Waals surface area contributed by atoms with Crippen molar-refractivity contribution in [2.45, 2.75) is 111 Å². The van der Waals surface area contributed by atoms with Gasteiger partial charge in [0.15, 0.2) is 9.84 Å². The second-order valence-electron chi connectivity index (χ2n) is 13.1. The lowest BCUT2D eigenvalue weighted by molar-refractivity contribution is -0.154. The molecule has 3 fully saturated rings. The lowest BCUT2D eigenvalue weighted by atomic mass is 9.70. The minimum atomic E-state index is -4.63. The highest BCUT2D eigenvalue weighted by Gasteiger charge is 2.70. The fraction of sp³-hybridized carbons (Fsp3) is 0.893. The van der Waals surface area contributed by atoms with Gasteiger partial charge in [-0.05, 0) is 55.7 Å². The van der Waals surface area contributed by atoms with E-state index in [1.54, 1.807) is 20.8 Å². The summed E-state index contributed by atoms with van der Waals surface area (Å²) in [6, 6.07) is -1.15. The van der Waals surface area contributed by atoms with E-state index in [2.05, 4.69) is 0 Å². The van der Waals surface area contributed by atoms with E-state index in [4.69, 9.17) is 13.7 Å². The van der Waals surface area contributed by atoms with Gasteiger partial charge in [-0.15, -0.1) is 0 Å². The monoisotopic (exact) mass is 535 g/mol. The van der Waals surface area contributed by atoms with Crippen LogP contribution in [-0.2, 0) is 24.2 Å². The third-order valence-corrected chi connectivity index (χ3v) is 10.9. The smallest absolute Gasteiger partial charge is 0.326 e. The molecular formula is C28H47NO6S. The van der Waals surface area contributed by atoms with Gasteiger partial charge in [0.25, 0.3) is 0 Å². The maximum Gasteiger partial charge on any atom is 0.326 e. The lowest BCUT2D eigenvalue weighted by Gasteiger charge is -2.40. The molecule has 1 amide bonds. The van der Waals surface area contributed by atoms with Crippen LogP contribution in [0.3, 0.4) is 0 Å². The summed E-state index contributed by atoms with van der Waals surface area (Å²) in [6.45, 7) is 12.5. The standard InChI is InChI=1S/C28H47NO6S/c1-25(2,3)19(23(31)29-16-20-21(27(20,7)8)22(29)24(32)33)14-18(30)15-28(12-10-9-11-13-28)17-36(34,35)26(4,5)6/h19-22H,9-17H2,1-8H3,(H,32,33)/t19-,20?,21+,22?/m1/s1/i9D2,10D2,11D2,12D2,13D2. The molecule has 0 aromatic rings. The van der Waals surface area contributed by atoms with Crippen LogP contribution < -0.4 is 0 Å². The number of hydrogen-bond acceptors (Lipinski definition) is 5. The molecule has 36 heavy (non-hydrogen) atoms. The zero-order valence-electron chi connectivity index (χ0n) is 32.5. The van der Waals surface area contributed by atoms with Crippen LogP contribution in [0.4, 0.5) is 0 Å². The molecule has 8 heteroatoms. The van der Waals surface area contributed by atoms with Gasteiger partial charge in [-0.3, -0.25) is 9.59 Å². The van der Waals surface area contributed by atoms with Crippen LogP contribution in [0.1, 0.15) is 114 Å². The van der Waals surface area contributed by atoms with E-state index < -0.39 is 105 Å². The molecule has 1 N–H and O–H groups in total. The SMILES string of the molecule is [2H]C1([2H])C([2H])([2H])C([2H])([2H])C(CC(=O)C[C@H](C(=O)N2CC3[C@@H](C2C(=O)O)C3(C)C)C(C)(C)C)(CS(=O)(=O)C(C)(C)C)C([2H])([2H])C1([2H])[2H]. The number of aliphatic carboxylic acids is 1. The average Bonchev–Trinajstić information content (AvgIpc) is 3.17. The minimum Gasteiger partial charge on any atom is -0.480 e. The molecule has 0 spiro atoms. The van der Waals surface area contributed by atoms with Crippen LogP contribution in [0.2, 0.25) is 0 Å². The van der Waals surface area contributed by atoms with Gasteiger partial charge in [-0.1, -0.05) is 53.7 Å². The predicted molar refractivity (Wildman–Crippen MR) is 140 cm³/mol. The highest BCUT2D eigenvalue weighted by Crippen LogP contribution is 2.65. The Morgan fingerprint density at radius 1 is 1.06 bits per heavy atom. The largest absolute Gasteiger partial charge is 0.480 e. The second-order valence-corrected chi connectivity index (χ2v) is 15.9. The summed E-state index contributed by atoms with van der Waals surface area (Å²) in [4.78, 5) is 41.5. The number of hydrogen-bond donors (Lipinski definition) is 1. The Labute approximate surface area is 231 Å². The quantitative estimate of drug-likeness (QED) is 0.481. The Morgan fingerprint density at radius 3 is 2.08 bits per heavy atom. The van der Waals surface area contributed by atoms with Crippen LogP contribution in [0.5, 0.6) is 0 Å². The van der Waals surface area contributed by atoms with Crippen molar-refractivity contribution in [3.8, 4) is 0 Å². The Kier molecular flexibility index (Phi) is 4.68. The Morgan fingerprint density at radius 2 is 1.61 bits per heavy atom. The summed E-state index contributed by atoms with van der Waals surface area (Å²) < 4.78 is 111. The van der Waals surface area contributed by atoms with Crippen LogP contribution in [0, 0.1) is 34.0 Å². The number of carboxylic acids is 1. The number of amides is 1. The molecule has 2 unspecified atom stereocenters. The molecule has 1 aliphatic heterocycles. The molecule has 2 aliphatic carbocycles. The molecule has 3 aliphatic rings. The van der Waals surface area contributed by atoms with Crippen molar-refractivity contribution >= 4 is 27.5 Å². The second kappa shape index (κ2) is 9.39. The number of rotatable bonds is 8. The number of carboxylic acid groups (broad SMARTS) is 1. The first kappa shape index (κ1) is 18.0. The maximum absolute atomic E-state index is 14.0. The number of ketones is 1. The van der Waals surface area contributed by atoms with Gasteiger partial charge >= 0.3 is 5.97 Å². The van der Waals surface area contributed by atoms with Crippen molar-refractivity contribution < 1.29 is 41.6 Å². The number of carbonyl (C=O) groups is 3. The number of carbonyl (C=O) groups excluding carboxylic acids is 2. The number of piperidine rings is 1. The van der Waals surface area contributed by atoms with Crippen molar-refractivity contribution in [1.82, 2.24) is 4.90 Å². The molecule has 0 bridgehead atoms. The average molecular weight is 536 g/mol. The first-order valence-corrected chi connectivity index (χ1v) is 14.0. The van der Waals surface area contributed by atoms with Gasteiger partial charge in [-0.25, -0.2) is 13.2 Å². The van der Waals surface area contributed by atoms with E-state index in [0.717, 1.165) is 0 Å². The predicted octanol–water partition coefficient (Wildman–Crippen LogP) is 4.73. The fourth-order valence-corrected chi connectivity index (χ4v) is 6.84. The van der Waals surface area contributed by atoms with Crippen LogP contribution in [0.25, 0.3) is 0 Å². The summed E-state index contributed by atoms with van der Waals surface area (Å²) in [5.41, 5.74) is -4.61. The zero-order chi connectivity index (χ0) is 36.4. The summed E-state index contributed by atoms with van der Waals surface area (Å²) in [5, 5.41) is 10.0. The summed E-state index contributed by atoms with van der Waals surface area (Å²) in [6.07, 6.45) is -21.1. The normalized spacial score (nSPS) is 39.4. The van der Waals surface area contributed by atoms with E-state index in [-0.39, 0.29) is 23.8 Å². The minimum absolute atomic E-state index is 0.0825. The molecule has 3 rings (SSSR count). The summed E-state index contributed by atoms with van der Waals surface area (Å²) >= 11 is 0. The number of Topliss-reactive ketones (excluding diaryl/α,β-unsaturated/α-hetero) is 1. The van der Waals surface area contributed by atoms with Crippen molar-refractivity contribution in [3.05, 3.63) is 0 Å². The maximum atomic E-state index is 14.0. The molecule has 0 radical (unpaired) electrons. The van der Waals surface area contributed by atoms with Crippen molar-refractivity contribution in [2.75, 3.05) is 12.3 Å². The van der Waals surface area contributed by atoms with Gasteiger partial charge in [0.2, 0.25) is 5.91 Å². The lowest BCUT2D eigenvalue weighted by Crippen LogP contribution is -2.50.